The lowest BCUT2D eigenvalue weighted by Crippen LogP contribution is -2.46. The topological polar surface area (TPSA) is 29.3 Å². The molecule has 0 fully saturated rings. The summed E-state index contributed by atoms with van der Waals surface area (Å²) >= 11 is 0. The molecule has 0 radical (unpaired) electrons. The van der Waals surface area contributed by atoms with Crippen LogP contribution in [-0.4, -0.2) is 30.6 Å². The van der Waals surface area contributed by atoms with E-state index in [4.69, 9.17) is 5.73 Å². The Morgan fingerprint density at radius 2 is 1.67 bits per heavy atom. The third kappa shape index (κ3) is 3.56. The van der Waals surface area contributed by atoms with Crippen LogP contribution in [0, 0.1) is 0 Å². The minimum Gasteiger partial charge on any atom is -0.329 e. The number of nitrogens with two attached hydrogens (primary N) is 1. The van der Waals surface area contributed by atoms with Crippen LogP contribution in [0.5, 0.6) is 0 Å². The summed E-state index contributed by atoms with van der Waals surface area (Å²) < 4.78 is 0. The van der Waals surface area contributed by atoms with Gasteiger partial charge in [0.1, 0.15) is 0 Å². The lowest BCUT2D eigenvalue weighted by molar-refractivity contribution is 0.149. The SMILES string of the molecule is CCC(CC)N(C)C(CN)C(C)c1ccccc1. The molecule has 0 bridgehead atoms. The molecule has 0 aromatic heterocycles. The van der Waals surface area contributed by atoms with Crippen LogP contribution in [-0.2, 0) is 0 Å². The fraction of sp³-hybridized carbons (Fsp3) is 0.625. The van der Waals surface area contributed by atoms with E-state index in [1.165, 1.54) is 18.4 Å². The highest BCUT2D eigenvalue weighted by atomic mass is 15.2. The highest BCUT2D eigenvalue weighted by Gasteiger charge is 2.25. The van der Waals surface area contributed by atoms with Gasteiger partial charge in [0.25, 0.3) is 0 Å². The average Bonchev–Trinajstić information content (AvgIpc) is 2.42. The highest BCUT2D eigenvalue weighted by Crippen LogP contribution is 2.24. The molecule has 1 aromatic carbocycles. The highest BCUT2D eigenvalue weighted by molar-refractivity contribution is 5.20. The smallest absolute Gasteiger partial charge is 0.0284 e. The molecule has 18 heavy (non-hydrogen) atoms. The predicted molar refractivity (Wildman–Crippen MR) is 79.8 cm³/mol. The summed E-state index contributed by atoms with van der Waals surface area (Å²) in [6.45, 7) is 7.51. The third-order valence-electron chi connectivity index (χ3n) is 4.19. The summed E-state index contributed by atoms with van der Waals surface area (Å²) in [5.41, 5.74) is 7.40. The fourth-order valence-corrected chi connectivity index (χ4v) is 2.84. The Balaban J connectivity index is 2.82. The first-order valence-corrected chi connectivity index (χ1v) is 7.12. The van der Waals surface area contributed by atoms with E-state index in [0.29, 0.717) is 24.5 Å². The first kappa shape index (κ1) is 15.2. The number of rotatable bonds is 7. The van der Waals surface area contributed by atoms with Gasteiger partial charge in [0, 0.05) is 18.6 Å². The molecule has 102 valence electrons. The molecular formula is C16H28N2. The molecule has 0 aliphatic heterocycles. The predicted octanol–water partition coefficient (Wildman–Crippen LogP) is 3.24. The summed E-state index contributed by atoms with van der Waals surface area (Å²) in [6, 6.07) is 11.7. The Morgan fingerprint density at radius 3 is 2.11 bits per heavy atom. The zero-order chi connectivity index (χ0) is 13.5. The molecule has 0 saturated heterocycles. The number of likely N-dealkylation sites (N-methyl/N-ethyl adjacent to an activating group) is 1. The molecule has 1 rings (SSSR count). The van der Waals surface area contributed by atoms with E-state index in [-0.39, 0.29) is 0 Å². The maximum Gasteiger partial charge on any atom is 0.0284 e. The van der Waals surface area contributed by atoms with Crippen molar-refractivity contribution in [3.8, 4) is 0 Å². The van der Waals surface area contributed by atoms with E-state index in [0.717, 1.165) is 0 Å². The maximum absolute atomic E-state index is 6.02. The fourth-order valence-electron chi connectivity index (χ4n) is 2.84. The van der Waals surface area contributed by atoms with E-state index < -0.39 is 0 Å². The van der Waals surface area contributed by atoms with Crippen LogP contribution >= 0.6 is 0 Å². The van der Waals surface area contributed by atoms with Crippen LogP contribution in [0.2, 0.25) is 0 Å². The van der Waals surface area contributed by atoms with Crippen LogP contribution in [0.25, 0.3) is 0 Å². The van der Waals surface area contributed by atoms with E-state index in [1.54, 1.807) is 0 Å². The lowest BCUT2D eigenvalue weighted by atomic mass is 9.91. The molecular weight excluding hydrogens is 220 g/mol. The van der Waals surface area contributed by atoms with Gasteiger partial charge in [0.05, 0.1) is 0 Å². The van der Waals surface area contributed by atoms with Crippen LogP contribution in [0.1, 0.15) is 45.1 Å². The lowest BCUT2D eigenvalue weighted by Gasteiger charge is -2.37. The monoisotopic (exact) mass is 248 g/mol. The Hall–Kier alpha value is -0.860. The second-order valence-corrected chi connectivity index (χ2v) is 5.14. The van der Waals surface area contributed by atoms with Crippen molar-refractivity contribution in [1.82, 2.24) is 4.90 Å². The zero-order valence-electron chi connectivity index (χ0n) is 12.3. The van der Waals surface area contributed by atoms with Crippen molar-refractivity contribution in [1.29, 1.82) is 0 Å². The van der Waals surface area contributed by atoms with E-state index in [9.17, 15) is 0 Å². The van der Waals surface area contributed by atoms with Crippen LogP contribution < -0.4 is 5.73 Å². The zero-order valence-corrected chi connectivity index (χ0v) is 12.3. The summed E-state index contributed by atoms with van der Waals surface area (Å²) in [6.07, 6.45) is 2.37. The van der Waals surface area contributed by atoms with Gasteiger partial charge in [0.15, 0.2) is 0 Å². The van der Waals surface area contributed by atoms with Crippen molar-refractivity contribution in [2.24, 2.45) is 5.73 Å². The molecule has 2 nitrogen and oxygen atoms in total. The second-order valence-electron chi connectivity index (χ2n) is 5.14. The number of hydrogen-bond acceptors (Lipinski definition) is 2. The molecule has 2 unspecified atom stereocenters. The quantitative estimate of drug-likeness (QED) is 0.802. The molecule has 2 heteroatoms. The van der Waals surface area contributed by atoms with Gasteiger partial charge in [-0.05, 0) is 31.4 Å². The third-order valence-corrected chi connectivity index (χ3v) is 4.19. The van der Waals surface area contributed by atoms with E-state index in [2.05, 4.69) is 63.1 Å². The molecule has 0 amide bonds. The largest absolute Gasteiger partial charge is 0.329 e. The van der Waals surface area contributed by atoms with Crippen molar-refractivity contribution >= 4 is 0 Å². The van der Waals surface area contributed by atoms with Crippen molar-refractivity contribution in [2.45, 2.75) is 51.6 Å². The van der Waals surface area contributed by atoms with Crippen molar-refractivity contribution in [2.75, 3.05) is 13.6 Å². The van der Waals surface area contributed by atoms with Gasteiger partial charge in [-0.2, -0.15) is 0 Å². The number of benzene rings is 1. The Morgan fingerprint density at radius 1 is 1.11 bits per heavy atom. The van der Waals surface area contributed by atoms with Crippen LogP contribution in [0.15, 0.2) is 30.3 Å². The minimum atomic E-state index is 0.414. The first-order chi connectivity index (χ1) is 8.65. The van der Waals surface area contributed by atoms with Crippen LogP contribution in [0.3, 0.4) is 0 Å². The Kier molecular flexibility index (Phi) is 6.37. The molecule has 0 aliphatic carbocycles. The summed E-state index contributed by atoms with van der Waals surface area (Å²) in [4.78, 5) is 2.47. The first-order valence-electron chi connectivity index (χ1n) is 7.12. The van der Waals surface area contributed by atoms with E-state index >= 15 is 0 Å². The van der Waals surface area contributed by atoms with Crippen LogP contribution in [0.4, 0.5) is 0 Å². The molecule has 0 spiro atoms. The van der Waals surface area contributed by atoms with Crippen molar-refractivity contribution in [3.05, 3.63) is 35.9 Å². The number of hydrogen-bond donors (Lipinski definition) is 1. The van der Waals surface area contributed by atoms with Gasteiger partial charge in [0.2, 0.25) is 0 Å². The minimum absolute atomic E-state index is 0.414. The normalized spacial score (nSPS) is 15.1. The van der Waals surface area contributed by atoms with Gasteiger partial charge in [-0.25, -0.2) is 0 Å². The molecule has 0 aliphatic rings. The number of nitrogens with zero attached hydrogens (tertiary/aromatic N) is 1. The van der Waals surface area contributed by atoms with Gasteiger partial charge in [-0.15, -0.1) is 0 Å². The summed E-state index contributed by atoms with van der Waals surface area (Å²) in [5, 5.41) is 0. The molecule has 2 N–H and O–H groups in total. The van der Waals surface area contributed by atoms with Gasteiger partial charge in [-0.1, -0.05) is 51.1 Å². The van der Waals surface area contributed by atoms with Crippen molar-refractivity contribution in [3.63, 3.8) is 0 Å². The summed E-state index contributed by atoms with van der Waals surface area (Å²) in [5.74, 6) is 0.474. The summed E-state index contributed by atoms with van der Waals surface area (Å²) in [7, 11) is 2.22. The standard InChI is InChI=1S/C16H28N2/c1-5-15(6-2)18(4)16(12-17)13(3)14-10-8-7-9-11-14/h7-11,13,15-16H,5-6,12,17H2,1-4H3. The van der Waals surface area contributed by atoms with E-state index in [1.807, 2.05) is 0 Å². The average molecular weight is 248 g/mol. The van der Waals surface area contributed by atoms with Gasteiger partial charge < -0.3 is 5.73 Å². The van der Waals surface area contributed by atoms with Gasteiger partial charge >= 0.3 is 0 Å². The van der Waals surface area contributed by atoms with Gasteiger partial charge in [-0.3, -0.25) is 4.90 Å². The molecule has 0 saturated carbocycles. The Labute approximate surface area is 112 Å². The molecule has 0 heterocycles. The molecule has 2 atom stereocenters. The molecule has 1 aromatic rings. The Bertz CT molecular complexity index is 319. The second kappa shape index (κ2) is 7.55. The van der Waals surface area contributed by atoms with Crippen molar-refractivity contribution < 1.29 is 0 Å². The maximum atomic E-state index is 6.02.